The Hall–Kier alpha value is -2.30. The molecule has 0 saturated heterocycles. The van der Waals surface area contributed by atoms with Crippen LogP contribution in [-0.4, -0.2) is 23.6 Å². The Morgan fingerprint density at radius 3 is 2.90 bits per heavy atom. The smallest absolute Gasteiger partial charge is 0.224 e. The molecule has 2 aromatic rings. The number of aryl methyl sites for hydroxylation is 1. The van der Waals surface area contributed by atoms with Gasteiger partial charge in [-0.05, 0) is 25.5 Å². The maximum absolute atomic E-state index is 5.21. The number of aromatic nitrogens is 2. The number of hydrogen-bond donors (Lipinski definition) is 2. The van der Waals surface area contributed by atoms with E-state index in [0.29, 0.717) is 5.95 Å². The summed E-state index contributed by atoms with van der Waals surface area (Å²) >= 11 is 0. The Balaban J connectivity index is 2.18. The molecule has 0 fully saturated rings. The van der Waals surface area contributed by atoms with Crippen molar-refractivity contribution in [1.29, 1.82) is 0 Å². The number of methoxy groups -OCH3 is 1. The fraction of sp³-hybridized carbons (Fsp3) is 0.333. The van der Waals surface area contributed by atoms with E-state index in [1.807, 2.05) is 37.4 Å². The minimum Gasteiger partial charge on any atom is -0.497 e. The van der Waals surface area contributed by atoms with Crippen molar-refractivity contribution >= 4 is 17.5 Å². The van der Waals surface area contributed by atoms with Crippen LogP contribution in [0.5, 0.6) is 5.75 Å². The lowest BCUT2D eigenvalue weighted by Crippen LogP contribution is -2.06. The largest absolute Gasteiger partial charge is 0.497 e. The van der Waals surface area contributed by atoms with Gasteiger partial charge in [-0.2, -0.15) is 4.98 Å². The van der Waals surface area contributed by atoms with Gasteiger partial charge in [0.15, 0.2) is 0 Å². The zero-order chi connectivity index (χ0) is 14.4. The Bertz CT molecular complexity index is 572. The van der Waals surface area contributed by atoms with E-state index < -0.39 is 0 Å². The summed E-state index contributed by atoms with van der Waals surface area (Å²) < 4.78 is 5.21. The molecule has 0 atom stereocenters. The van der Waals surface area contributed by atoms with Gasteiger partial charge in [-0.15, -0.1) is 0 Å². The molecule has 1 aromatic carbocycles. The van der Waals surface area contributed by atoms with Crippen LogP contribution in [-0.2, 0) is 0 Å². The Morgan fingerprint density at radius 2 is 2.15 bits per heavy atom. The summed E-state index contributed by atoms with van der Waals surface area (Å²) in [6, 6.07) is 7.75. The molecule has 5 nitrogen and oxygen atoms in total. The molecule has 0 spiro atoms. The van der Waals surface area contributed by atoms with Gasteiger partial charge in [0.25, 0.3) is 0 Å². The van der Waals surface area contributed by atoms with Crippen LogP contribution in [0.1, 0.15) is 18.9 Å². The van der Waals surface area contributed by atoms with Crippen LogP contribution in [0.15, 0.2) is 30.5 Å². The zero-order valence-corrected chi connectivity index (χ0v) is 12.1. The van der Waals surface area contributed by atoms with Gasteiger partial charge in [0.1, 0.15) is 11.6 Å². The maximum atomic E-state index is 5.21. The van der Waals surface area contributed by atoms with Gasteiger partial charge in [-0.1, -0.05) is 13.0 Å². The normalized spacial score (nSPS) is 10.2. The van der Waals surface area contributed by atoms with E-state index in [0.717, 1.165) is 35.8 Å². The second-order valence-corrected chi connectivity index (χ2v) is 4.51. The van der Waals surface area contributed by atoms with Gasteiger partial charge in [0.05, 0.1) is 7.11 Å². The molecule has 0 aliphatic heterocycles. The summed E-state index contributed by atoms with van der Waals surface area (Å²) in [5.74, 6) is 2.25. The summed E-state index contributed by atoms with van der Waals surface area (Å²) in [5.41, 5.74) is 1.93. The summed E-state index contributed by atoms with van der Waals surface area (Å²) in [5, 5.41) is 6.48. The van der Waals surface area contributed by atoms with E-state index >= 15 is 0 Å². The minimum absolute atomic E-state index is 0.642. The molecule has 0 aliphatic carbocycles. The predicted octanol–water partition coefficient (Wildman–Crippen LogP) is 3.36. The molecule has 1 aromatic heterocycles. The van der Waals surface area contributed by atoms with Crippen molar-refractivity contribution in [3.05, 3.63) is 36.0 Å². The van der Waals surface area contributed by atoms with Crippen molar-refractivity contribution in [3.63, 3.8) is 0 Å². The van der Waals surface area contributed by atoms with Gasteiger partial charge in [0, 0.05) is 30.1 Å². The number of rotatable bonds is 6. The van der Waals surface area contributed by atoms with Crippen LogP contribution in [0.25, 0.3) is 0 Å². The number of benzene rings is 1. The number of anilines is 3. The Morgan fingerprint density at radius 1 is 1.30 bits per heavy atom. The average Bonchev–Trinajstić information content (AvgIpc) is 2.48. The fourth-order valence-corrected chi connectivity index (χ4v) is 1.73. The molecular formula is C15H20N4O. The molecule has 0 saturated carbocycles. The van der Waals surface area contributed by atoms with Crippen LogP contribution < -0.4 is 15.4 Å². The average molecular weight is 272 g/mol. The summed E-state index contributed by atoms with van der Waals surface area (Å²) in [6.07, 6.45) is 2.85. The van der Waals surface area contributed by atoms with E-state index in [2.05, 4.69) is 27.5 Å². The van der Waals surface area contributed by atoms with E-state index in [1.54, 1.807) is 7.11 Å². The van der Waals surface area contributed by atoms with Crippen LogP contribution in [0, 0.1) is 6.92 Å². The van der Waals surface area contributed by atoms with Gasteiger partial charge < -0.3 is 15.4 Å². The molecule has 2 rings (SSSR count). The maximum Gasteiger partial charge on any atom is 0.224 e. The topological polar surface area (TPSA) is 59.1 Å². The second kappa shape index (κ2) is 6.75. The summed E-state index contributed by atoms with van der Waals surface area (Å²) in [4.78, 5) is 8.75. The van der Waals surface area contributed by atoms with Gasteiger partial charge in [-0.3, -0.25) is 0 Å². The molecule has 1 heterocycles. The zero-order valence-electron chi connectivity index (χ0n) is 12.1. The predicted molar refractivity (Wildman–Crippen MR) is 81.8 cm³/mol. The number of nitrogens with one attached hydrogen (secondary N) is 2. The summed E-state index contributed by atoms with van der Waals surface area (Å²) in [6.45, 7) is 4.95. The molecule has 0 unspecified atom stereocenters. The van der Waals surface area contributed by atoms with Gasteiger partial charge in [-0.25, -0.2) is 4.98 Å². The molecule has 0 amide bonds. The molecule has 0 bridgehead atoms. The SMILES string of the molecule is CCCNc1ncc(C)c(Nc2cccc(OC)c2)n1. The molecule has 20 heavy (non-hydrogen) atoms. The molecule has 5 heteroatoms. The third kappa shape index (κ3) is 3.60. The van der Waals surface area contributed by atoms with Crippen molar-refractivity contribution in [1.82, 2.24) is 9.97 Å². The lowest BCUT2D eigenvalue weighted by Gasteiger charge is -2.11. The second-order valence-electron chi connectivity index (χ2n) is 4.51. The Labute approximate surface area is 119 Å². The molecule has 106 valence electrons. The van der Waals surface area contributed by atoms with E-state index in [9.17, 15) is 0 Å². The highest BCUT2D eigenvalue weighted by Gasteiger charge is 2.04. The highest BCUT2D eigenvalue weighted by atomic mass is 16.5. The first-order valence-electron chi connectivity index (χ1n) is 6.71. The quantitative estimate of drug-likeness (QED) is 0.844. The lowest BCUT2D eigenvalue weighted by molar-refractivity contribution is 0.415. The van der Waals surface area contributed by atoms with Gasteiger partial charge in [0.2, 0.25) is 5.95 Å². The van der Waals surface area contributed by atoms with E-state index in [-0.39, 0.29) is 0 Å². The van der Waals surface area contributed by atoms with Crippen LogP contribution >= 0.6 is 0 Å². The number of ether oxygens (including phenoxy) is 1. The number of nitrogens with zero attached hydrogens (tertiary/aromatic N) is 2. The standard InChI is InChI=1S/C15H20N4O/c1-4-8-16-15-17-10-11(2)14(19-15)18-12-6-5-7-13(9-12)20-3/h5-7,9-10H,4,8H2,1-3H3,(H2,16,17,18,19). The van der Waals surface area contributed by atoms with Gasteiger partial charge >= 0.3 is 0 Å². The van der Waals surface area contributed by atoms with Crippen LogP contribution in [0.4, 0.5) is 17.5 Å². The van der Waals surface area contributed by atoms with E-state index in [4.69, 9.17) is 4.74 Å². The first-order valence-corrected chi connectivity index (χ1v) is 6.71. The fourth-order valence-electron chi connectivity index (χ4n) is 1.73. The van der Waals surface area contributed by atoms with Crippen molar-refractivity contribution in [2.75, 3.05) is 24.3 Å². The highest BCUT2D eigenvalue weighted by molar-refractivity contribution is 5.61. The first-order chi connectivity index (χ1) is 9.72. The van der Waals surface area contributed by atoms with Crippen molar-refractivity contribution in [2.45, 2.75) is 20.3 Å². The third-order valence-corrected chi connectivity index (χ3v) is 2.84. The molecule has 0 aliphatic rings. The lowest BCUT2D eigenvalue weighted by atomic mass is 10.3. The van der Waals surface area contributed by atoms with Crippen molar-refractivity contribution < 1.29 is 4.74 Å². The highest BCUT2D eigenvalue weighted by Crippen LogP contribution is 2.22. The minimum atomic E-state index is 0.642. The van der Waals surface area contributed by atoms with Crippen molar-refractivity contribution in [3.8, 4) is 5.75 Å². The summed E-state index contributed by atoms with van der Waals surface area (Å²) in [7, 11) is 1.65. The monoisotopic (exact) mass is 272 g/mol. The number of hydrogen-bond acceptors (Lipinski definition) is 5. The van der Waals surface area contributed by atoms with Crippen molar-refractivity contribution in [2.24, 2.45) is 0 Å². The first kappa shape index (κ1) is 14.1. The Kier molecular flexibility index (Phi) is 4.76. The molecule has 0 radical (unpaired) electrons. The molecular weight excluding hydrogens is 252 g/mol. The van der Waals surface area contributed by atoms with Crippen LogP contribution in [0.2, 0.25) is 0 Å². The molecule has 2 N–H and O–H groups in total. The van der Waals surface area contributed by atoms with Crippen LogP contribution in [0.3, 0.4) is 0 Å². The third-order valence-electron chi connectivity index (χ3n) is 2.84. The van der Waals surface area contributed by atoms with E-state index in [1.165, 1.54) is 0 Å².